The zero-order chi connectivity index (χ0) is 13.8. The zero-order valence-corrected chi connectivity index (χ0v) is 12.9. The van der Waals surface area contributed by atoms with Gasteiger partial charge in [0.05, 0.1) is 17.2 Å². The molecule has 19 heavy (non-hydrogen) atoms. The molecule has 1 unspecified atom stereocenters. The summed E-state index contributed by atoms with van der Waals surface area (Å²) in [4.78, 5) is 6.25. The van der Waals surface area contributed by atoms with Crippen molar-refractivity contribution in [2.24, 2.45) is 5.73 Å². The number of nitrogens with zero attached hydrogens (tertiary/aromatic N) is 2. The van der Waals surface area contributed by atoms with Gasteiger partial charge in [0, 0.05) is 28.5 Å². The topological polar surface area (TPSA) is 42.2 Å². The lowest BCUT2D eigenvalue weighted by Gasteiger charge is -2.27. The maximum atomic E-state index is 13.9. The third-order valence-electron chi connectivity index (χ3n) is 2.97. The summed E-state index contributed by atoms with van der Waals surface area (Å²) in [5.74, 6) is -0.233. The predicted molar refractivity (Wildman–Crippen MR) is 79.5 cm³/mol. The molecule has 2 aromatic rings. The molecule has 0 fully saturated rings. The van der Waals surface area contributed by atoms with E-state index in [0.717, 1.165) is 10.2 Å². The average molecular weight is 344 g/mol. The smallest absolute Gasteiger partial charge is 0.128 e. The normalized spacial score (nSPS) is 12.9. The van der Waals surface area contributed by atoms with E-state index < -0.39 is 0 Å². The highest BCUT2D eigenvalue weighted by Gasteiger charge is 2.20. The van der Waals surface area contributed by atoms with Gasteiger partial charge in [-0.2, -0.15) is 0 Å². The lowest BCUT2D eigenvalue weighted by Crippen LogP contribution is -2.31. The van der Waals surface area contributed by atoms with Crippen molar-refractivity contribution in [2.75, 3.05) is 13.6 Å². The van der Waals surface area contributed by atoms with Crippen LogP contribution in [-0.4, -0.2) is 23.5 Å². The Balaban J connectivity index is 2.21. The zero-order valence-electron chi connectivity index (χ0n) is 10.5. The van der Waals surface area contributed by atoms with Crippen LogP contribution in [0.15, 0.2) is 33.6 Å². The minimum Gasteiger partial charge on any atom is -0.329 e. The molecule has 0 bridgehead atoms. The van der Waals surface area contributed by atoms with E-state index in [0.29, 0.717) is 18.7 Å². The van der Waals surface area contributed by atoms with Crippen LogP contribution in [0.25, 0.3) is 0 Å². The van der Waals surface area contributed by atoms with E-state index in [2.05, 4.69) is 20.9 Å². The molecular weight excluding hydrogens is 329 g/mol. The molecule has 6 heteroatoms. The second-order valence-corrected chi connectivity index (χ2v) is 5.95. The molecule has 1 aromatic heterocycles. The Labute approximate surface area is 124 Å². The van der Waals surface area contributed by atoms with Crippen LogP contribution in [0.4, 0.5) is 4.39 Å². The molecule has 3 nitrogen and oxygen atoms in total. The molecule has 102 valence electrons. The van der Waals surface area contributed by atoms with Crippen molar-refractivity contribution in [3.63, 3.8) is 0 Å². The summed E-state index contributed by atoms with van der Waals surface area (Å²) in [7, 11) is 1.93. The Bertz CT molecular complexity index is 533. The third kappa shape index (κ3) is 3.60. The monoisotopic (exact) mass is 343 g/mol. The van der Waals surface area contributed by atoms with Crippen LogP contribution in [0, 0.1) is 5.82 Å². The highest BCUT2D eigenvalue weighted by Crippen LogP contribution is 2.26. The first-order chi connectivity index (χ1) is 9.11. The summed E-state index contributed by atoms with van der Waals surface area (Å²) in [6.07, 6.45) is 0. The number of halogens is 2. The van der Waals surface area contributed by atoms with Crippen molar-refractivity contribution in [1.29, 1.82) is 0 Å². The van der Waals surface area contributed by atoms with Crippen molar-refractivity contribution < 1.29 is 4.39 Å². The third-order valence-corrected chi connectivity index (χ3v) is 4.10. The number of benzene rings is 1. The predicted octanol–water partition coefficient (Wildman–Crippen LogP) is 3.18. The Kier molecular flexibility index (Phi) is 5.04. The van der Waals surface area contributed by atoms with Crippen molar-refractivity contribution in [1.82, 2.24) is 9.88 Å². The van der Waals surface area contributed by atoms with Gasteiger partial charge < -0.3 is 5.73 Å². The maximum absolute atomic E-state index is 13.9. The molecule has 0 aliphatic rings. The fraction of sp³-hybridized carbons (Fsp3) is 0.308. The van der Waals surface area contributed by atoms with Crippen LogP contribution in [0.2, 0.25) is 0 Å². The summed E-state index contributed by atoms with van der Waals surface area (Å²) >= 11 is 4.92. The quantitative estimate of drug-likeness (QED) is 0.906. The van der Waals surface area contributed by atoms with Crippen LogP contribution >= 0.6 is 27.3 Å². The first-order valence-corrected chi connectivity index (χ1v) is 7.57. The summed E-state index contributed by atoms with van der Waals surface area (Å²) in [6, 6.07) is 4.76. The second kappa shape index (κ2) is 6.56. The molecule has 0 radical (unpaired) electrons. The molecule has 0 spiro atoms. The number of likely N-dealkylation sites (N-methyl/N-ethyl adjacent to an activating group) is 1. The van der Waals surface area contributed by atoms with Crippen LogP contribution in [0.3, 0.4) is 0 Å². The molecule has 0 aliphatic carbocycles. The van der Waals surface area contributed by atoms with E-state index in [1.165, 1.54) is 6.07 Å². The van der Waals surface area contributed by atoms with Gasteiger partial charge in [-0.15, -0.1) is 11.3 Å². The van der Waals surface area contributed by atoms with Gasteiger partial charge in [-0.1, -0.05) is 15.9 Å². The van der Waals surface area contributed by atoms with Crippen LogP contribution in [0.1, 0.15) is 17.3 Å². The molecule has 0 amide bonds. The largest absolute Gasteiger partial charge is 0.329 e. The van der Waals surface area contributed by atoms with Crippen molar-refractivity contribution in [3.05, 3.63) is 50.6 Å². The van der Waals surface area contributed by atoms with E-state index in [-0.39, 0.29) is 11.9 Å². The maximum Gasteiger partial charge on any atom is 0.128 e. The van der Waals surface area contributed by atoms with Crippen molar-refractivity contribution in [2.45, 2.75) is 12.6 Å². The SMILES string of the molecule is CN(Cc1cscn1)C(CN)c1cc(Br)ccc1F. The van der Waals surface area contributed by atoms with Gasteiger partial charge >= 0.3 is 0 Å². The molecule has 0 saturated heterocycles. The molecule has 2 rings (SSSR count). The molecule has 0 aliphatic heterocycles. The second-order valence-electron chi connectivity index (χ2n) is 4.31. The van der Waals surface area contributed by atoms with Gasteiger partial charge in [0.15, 0.2) is 0 Å². The first-order valence-electron chi connectivity index (χ1n) is 5.84. The van der Waals surface area contributed by atoms with Crippen LogP contribution in [-0.2, 0) is 6.54 Å². The van der Waals surface area contributed by atoms with E-state index in [9.17, 15) is 4.39 Å². The van der Waals surface area contributed by atoms with Gasteiger partial charge in [0.2, 0.25) is 0 Å². The van der Waals surface area contributed by atoms with Gasteiger partial charge in [0.25, 0.3) is 0 Å². The fourth-order valence-corrected chi connectivity index (χ4v) is 2.92. The number of nitrogens with two attached hydrogens (primary N) is 1. The highest BCUT2D eigenvalue weighted by molar-refractivity contribution is 9.10. The van der Waals surface area contributed by atoms with Gasteiger partial charge in [-0.25, -0.2) is 9.37 Å². The Morgan fingerprint density at radius 3 is 2.95 bits per heavy atom. The Morgan fingerprint density at radius 2 is 2.32 bits per heavy atom. The standard InChI is InChI=1S/C13H15BrFN3S/c1-18(6-10-7-19-8-17-10)13(5-16)11-4-9(14)2-3-12(11)15/h2-4,7-8,13H,5-6,16H2,1H3. The molecule has 1 aromatic carbocycles. The molecule has 1 atom stereocenters. The molecule has 2 N–H and O–H groups in total. The number of aromatic nitrogens is 1. The van der Waals surface area contributed by atoms with E-state index in [4.69, 9.17) is 5.73 Å². The molecule has 0 saturated carbocycles. The van der Waals surface area contributed by atoms with E-state index in [1.54, 1.807) is 29.0 Å². The molecule has 1 heterocycles. The summed E-state index contributed by atoms with van der Waals surface area (Å²) in [5.41, 5.74) is 9.18. The average Bonchev–Trinajstić information content (AvgIpc) is 2.87. The van der Waals surface area contributed by atoms with E-state index in [1.807, 2.05) is 17.3 Å². The van der Waals surface area contributed by atoms with Crippen molar-refractivity contribution >= 4 is 27.3 Å². The van der Waals surface area contributed by atoms with Gasteiger partial charge in [-0.3, -0.25) is 4.90 Å². The summed E-state index contributed by atoms with van der Waals surface area (Å²) in [6.45, 7) is 1.01. The summed E-state index contributed by atoms with van der Waals surface area (Å²) in [5, 5.41) is 1.99. The van der Waals surface area contributed by atoms with Crippen LogP contribution in [0.5, 0.6) is 0 Å². The Morgan fingerprint density at radius 1 is 1.53 bits per heavy atom. The highest BCUT2D eigenvalue weighted by atomic mass is 79.9. The van der Waals surface area contributed by atoms with Gasteiger partial charge in [0.1, 0.15) is 5.82 Å². The number of hydrogen-bond acceptors (Lipinski definition) is 4. The lowest BCUT2D eigenvalue weighted by atomic mass is 10.0. The van der Waals surface area contributed by atoms with Gasteiger partial charge in [-0.05, 0) is 25.2 Å². The number of thiazole rings is 1. The first kappa shape index (κ1) is 14.6. The van der Waals surface area contributed by atoms with E-state index >= 15 is 0 Å². The minimum atomic E-state index is -0.233. The molecular formula is C13H15BrFN3S. The van der Waals surface area contributed by atoms with Crippen LogP contribution < -0.4 is 5.73 Å². The number of hydrogen-bond donors (Lipinski definition) is 1. The van der Waals surface area contributed by atoms with Crippen molar-refractivity contribution in [3.8, 4) is 0 Å². The minimum absolute atomic E-state index is 0.167. The number of rotatable bonds is 5. The fourth-order valence-electron chi connectivity index (χ4n) is 2.00. The Hall–Kier alpha value is -0.820. The lowest BCUT2D eigenvalue weighted by molar-refractivity contribution is 0.234. The summed E-state index contributed by atoms with van der Waals surface area (Å²) < 4.78 is 14.8.